The van der Waals surface area contributed by atoms with E-state index in [1.165, 1.54) is 12.8 Å². The number of likely N-dealkylation sites (tertiary alicyclic amines) is 1. The van der Waals surface area contributed by atoms with E-state index in [2.05, 4.69) is 10.4 Å². The van der Waals surface area contributed by atoms with E-state index in [-0.39, 0.29) is 5.91 Å². The molecule has 0 saturated carbocycles. The van der Waals surface area contributed by atoms with Gasteiger partial charge in [0.1, 0.15) is 0 Å². The second kappa shape index (κ2) is 5.68. The molecule has 3 nitrogen and oxygen atoms in total. The molecule has 0 aliphatic carbocycles. The fourth-order valence-electron chi connectivity index (χ4n) is 1.78. The van der Waals surface area contributed by atoms with Gasteiger partial charge in [-0.15, -0.1) is 23.1 Å². The maximum absolute atomic E-state index is 11.7. The number of aromatic nitrogens is 1. The van der Waals surface area contributed by atoms with Gasteiger partial charge in [-0.3, -0.25) is 4.79 Å². The number of amides is 1. The SMILES string of the molecule is Cc1nc(CSCC(=O)N2CCCC2)cs1. The van der Waals surface area contributed by atoms with E-state index in [1.807, 2.05) is 11.8 Å². The van der Waals surface area contributed by atoms with Crippen molar-refractivity contribution in [2.24, 2.45) is 0 Å². The number of hydrogen-bond acceptors (Lipinski definition) is 4. The van der Waals surface area contributed by atoms with Gasteiger partial charge in [0, 0.05) is 24.2 Å². The lowest BCUT2D eigenvalue weighted by Crippen LogP contribution is -2.29. The van der Waals surface area contributed by atoms with Gasteiger partial charge in [-0.05, 0) is 19.8 Å². The summed E-state index contributed by atoms with van der Waals surface area (Å²) < 4.78 is 0. The van der Waals surface area contributed by atoms with Crippen LogP contribution in [-0.2, 0) is 10.5 Å². The Kier molecular flexibility index (Phi) is 4.23. The highest BCUT2D eigenvalue weighted by atomic mass is 32.2. The number of nitrogens with zero attached hydrogens (tertiary/aromatic N) is 2. The molecule has 0 atom stereocenters. The number of hydrogen-bond donors (Lipinski definition) is 0. The molecule has 0 N–H and O–H groups in total. The molecule has 1 aliphatic heterocycles. The molecule has 1 amide bonds. The largest absolute Gasteiger partial charge is 0.342 e. The Balaban J connectivity index is 1.69. The fourth-order valence-corrected chi connectivity index (χ4v) is 3.31. The summed E-state index contributed by atoms with van der Waals surface area (Å²) in [4.78, 5) is 18.1. The van der Waals surface area contributed by atoms with Gasteiger partial charge in [0.15, 0.2) is 0 Å². The highest BCUT2D eigenvalue weighted by Gasteiger charge is 2.17. The maximum atomic E-state index is 11.7. The Labute approximate surface area is 104 Å². The van der Waals surface area contributed by atoms with Crippen molar-refractivity contribution in [1.82, 2.24) is 9.88 Å². The molecule has 1 saturated heterocycles. The summed E-state index contributed by atoms with van der Waals surface area (Å²) in [6, 6.07) is 0. The van der Waals surface area contributed by atoms with E-state index in [1.54, 1.807) is 23.1 Å². The minimum atomic E-state index is 0.287. The summed E-state index contributed by atoms with van der Waals surface area (Å²) in [5.74, 6) is 1.73. The van der Waals surface area contributed by atoms with Crippen molar-refractivity contribution < 1.29 is 4.79 Å². The minimum absolute atomic E-state index is 0.287. The Hall–Kier alpha value is -0.550. The summed E-state index contributed by atoms with van der Waals surface area (Å²) in [7, 11) is 0. The van der Waals surface area contributed by atoms with Crippen LogP contribution in [-0.4, -0.2) is 34.6 Å². The zero-order chi connectivity index (χ0) is 11.4. The van der Waals surface area contributed by atoms with Crippen LogP contribution in [0.2, 0.25) is 0 Å². The zero-order valence-electron chi connectivity index (χ0n) is 9.44. The van der Waals surface area contributed by atoms with Gasteiger partial charge in [0.25, 0.3) is 0 Å². The van der Waals surface area contributed by atoms with Gasteiger partial charge in [0.05, 0.1) is 16.5 Å². The van der Waals surface area contributed by atoms with Crippen LogP contribution in [0, 0.1) is 6.92 Å². The monoisotopic (exact) mass is 256 g/mol. The molecular formula is C11H16N2OS2. The number of carbonyl (C=O) groups is 1. The van der Waals surface area contributed by atoms with Gasteiger partial charge in [-0.25, -0.2) is 4.98 Å². The third-order valence-electron chi connectivity index (χ3n) is 2.60. The van der Waals surface area contributed by atoms with Crippen LogP contribution in [0.1, 0.15) is 23.5 Å². The van der Waals surface area contributed by atoms with Crippen LogP contribution in [0.5, 0.6) is 0 Å². The molecule has 0 unspecified atom stereocenters. The molecule has 88 valence electrons. The molecule has 16 heavy (non-hydrogen) atoms. The van der Waals surface area contributed by atoms with E-state index < -0.39 is 0 Å². The Morgan fingerprint density at radius 1 is 1.56 bits per heavy atom. The molecular weight excluding hydrogens is 240 g/mol. The minimum Gasteiger partial charge on any atom is -0.342 e. The number of aryl methyl sites for hydroxylation is 1. The van der Waals surface area contributed by atoms with E-state index in [0.29, 0.717) is 5.75 Å². The van der Waals surface area contributed by atoms with Crippen LogP contribution in [0.25, 0.3) is 0 Å². The summed E-state index contributed by atoms with van der Waals surface area (Å²) >= 11 is 3.34. The molecule has 0 spiro atoms. The highest BCUT2D eigenvalue weighted by molar-refractivity contribution is 7.99. The fraction of sp³-hybridized carbons (Fsp3) is 0.636. The molecule has 1 aliphatic rings. The molecule has 1 aromatic rings. The lowest BCUT2D eigenvalue weighted by molar-refractivity contribution is -0.127. The smallest absolute Gasteiger partial charge is 0.232 e. The Bertz CT molecular complexity index is 359. The van der Waals surface area contributed by atoms with Crippen molar-refractivity contribution in [2.45, 2.75) is 25.5 Å². The first-order valence-electron chi connectivity index (χ1n) is 5.52. The molecule has 0 bridgehead atoms. The lowest BCUT2D eigenvalue weighted by atomic mass is 10.4. The third-order valence-corrected chi connectivity index (χ3v) is 4.37. The van der Waals surface area contributed by atoms with Crippen molar-refractivity contribution >= 4 is 29.0 Å². The van der Waals surface area contributed by atoms with Gasteiger partial charge in [-0.1, -0.05) is 0 Å². The molecule has 2 rings (SSSR count). The Morgan fingerprint density at radius 2 is 2.31 bits per heavy atom. The van der Waals surface area contributed by atoms with Gasteiger partial charge in [0.2, 0.25) is 5.91 Å². The lowest BCUT2D eigenvalue weighted by Gasteiger charge is -2.14. The van der Waals surface area contributed by atoms with Crippen LogP contribution < -0.4 is 0 Å². The summed E-state index contributed by atoms with van der Waals surface area (Å²) in [6.07, 6.45) is 2.34. The van der Waals surface area contributed by atoms with Crippen LogP contribution in [0.15, 0.2) is 5.38 Å². The van der Waals surface area contributed by atoms with Gasteiger partial charge in [-0.2, -0.15) is 0 Å². The first-order valence-corrected chi connectivity index (χ1v) is 7.55. The molecule has 1 aromatic heterocycles. The quantitative estimate of drug-likeness (QED) is 0.829. The standard InChI is InChI=1S/C11H16N2OS2/c1-9-12-10(7-16-9)6-15-8-11(14)13-4-2-3-5-13/h7H,2-6,8H2,1H3. The molecule has 2 heterocycles. The molecule has 1 fully saturated rings. The topological polar surface area (TPSA) is 33.2 Å². The summed E-state index contributed by atoms with van der Waals surface area (Å²) in [5, 5.41) is 3.17. The van der Waals surface area contributed by atoms with Crippen molar-refractivity contribution in [3.63, 3.8) is 0 Å². The highest BCUT2D eigenvalue weighted by Crippen LogP contribution is 2.16. The van der Waals surface area contributed by atoms with Gasteiger partial charge < -0.3 is 4.90 Å². The first kappa shape index (κ1) is 11.9. The molecule has 0 aromatic carbocycles. The van der Waals surface area contributed by atoms with Crippen molar-refractivity contribution in [2.75, 3.05) is 18.8 Å². The maximum Gasteiger partial charge on any atom is 0.232 e. The van der Waals surface area contributed by atoms with Crippen LogP contribution in [0.4, 0.5) is 0 Å². The first-order chi connectivity index (χ1) is 7.75. The van der Waals surface area contributed by atoms with Crippen LogP contribution >= 0.6 is 23.1 Å². The van der Waals surface area contributed by atoms with E-state index in [0.717, 1.165) is 29.5 Å². The predicted molar refractivity (Wildman–Crippen MR) is 68.8 cm³/mol. The van der Waals surface area contributed by atoms with E-state index in [9.17, 15) is 4.79 Å². The summed E-state index contributed by atoms with van der Waals surface area (Å²) in [6.45, 7) is 3.92. The van der Waals surface area contributed by atoms with E-state index in [4.69, 9.17) is 0 Å². The number of carbonyl (C=O) groups excluding carboxylic acids is 1. The second-order valence-electron chi connectivity index (χ2n) is 3.94. The predicted octanol–water partition coefficient (Wildman–Crippen LogP) is 2.31. The second-order valence-corrected chi connectivity index (χ2v) is 5.99. The van der Waals surface area contributed by atoms with Crippen molar-refractivity contribution in [3.05, 3.63) is 16.1 Å². The molecule has 0 radical (unpaired) electrons. The van der Waals surface area contributed by atoms with Crippen LogP contribution in [0.3, 0.4) is 0 Å². The normalized spacial score (nSPS) is 15.7. The van der Waals surface area contributed by atoms with Gasteiger partial charge >= 0.3 is 0 Å². The average molecular weight is 256 g/mol. The van der Waals surface area contributed by atoms with Crippen molar-refractivity contribution in [3.8, 4) is 0 Å². The Morgan fingerprint density at radius 3 is 2.94 bits per heavy atom. The summed E-state index contributed by atoms with van der Waals surface area (Å²) in [5.41, 5.74) is 1.10. The number of rotatable bonds is 4. The number of thiazole rings is 1. The molecule has 5 heteroatoms. The zero-order valence-corrected chi connectivity index (χ0v) is 11.1. The van der Waals surface area contributed by atoms with Crippen molar-refractivity contribution in [1.29, 1.82) is 0 Å². The number of thioether (sulfide) groups is 1. The third kappa shape index (κ3) is 3.22. The average Bonchev–Trinajstić information content (AvgIpc) is 2.89. The van der Waals surface area contributed by atoms with E-state index >= 15 is 0 Å².